The van der Waals surface area contributed by atoms with Gasteiger partial charge in [0.1, 0.15) is 6.04 Å². The summed E-state index contributed by atoms with van der Waals surface area (Å²) in [7, 11) is 0. The van der Waals surface area contributed by atoms with Crippen LogP contribution in [0.25, 0.3) is 0 Å². The van der Waals surface area contributed by atoms with Gasteiger partial charge in [0.05, 0.1) is 0 Å². The molecule has 1 aliphatic heterocycles. The van der Waals surface area contributed by atoms with E-state index >= 15 is 0 Å². The van der Waals surface area contributed by atoms with E-state index in [0.717, 1.165) is 35.2 Å². The summed E-state index contributed by atoms with van der Waals surface area (Å²) in [5.74, 6) is 0.210. The SMILES string of the molecule is CC(Nc1ccccc1I)C(=O)N1CCCC1. The number of carbonyl (C=O) groups excluding carboxylic acids is 1. The quantitative estimate of drug-likeness (QED) is 0.856. The highest BCUT2D eigenvalue weighted by molar-refractivity contribution is 14.1. The minimum atomic E-state index is -0.149. The Hall–Kier alpha value is -0.780. The molecule has 1 heterocycles. The van der Waals surface area contributed by atoms with Crippen molar-refractivity contribution in [1.82, 2.24) is 4.90 Å². The molecule has 0 saturated carbocycles. The Labute approximate surface area is 116 Å². The zero-order valence-electron chi connectivity index (χ0n) is 9.95. The largest absolute Gasteiger partial charge is 0.373 e. The van der Waals surface area contributed by atoms with Gasteiger partial charge in [-0.1, -0.05) is 12.1 Å². The van der Waals surface area contributed by atoms with Crippen LogP contribution in [0.4, 0.5) is 5.69 Å². The normalized spacial score (nSPS) is 16.9. The van der Waals surface area contributed by atoms with Crippen molar-refractivity contribution in [3.05, 3.63) is 27.8 Å². The van der Waals surface area contributed by atoms with Crippen LogP contribution >= 0.6 is 22.6 Å². The van der Waals surface area contributed by atoms with Gasteiger partial charge in [0.15, 0.2) is 0 Å². The molecule has 1 saturated heterocycles. The molecular formula is C13H17IN2O. The van der Waals surface area contributed by atoms with Crippen molar-refractivity contribution >= 4 is 34.2 Å². The number of benzene rings is 1. The molecule has 0 radical (unpaired) electrons. The van der Waals surface area contributed by atoms with Crippen LogP contribution in [0, 0.1) is 3.57 Å². The lowest BCUT2D eigenvalue weighted by molar-refractivity contribution is -0.130. The summed E-state index contributed by atoms with van der Waals surface area (Å²) in [6.45, 7) is 3.76. The Morgan fingerprint density at radius 1 is 1.35 bits per heavy atom. The highest BCUT2D eigenvalue weighted by Crippen LogP contribution is 2.19. The van der Waals surface area contributed by atoms with Gasteiger partial charge < -0.3 is 10.2 Å². The minimum absolute atomic E-state index is 0.149. The van der Waals surface area contributed by atoms with Crippen LogP contribution in [0.1, 0.15) is 19.8 Å². The number of likely N-dealkylation sites (tertiary alicyclic amines) is 1. The molecule has 0 bridgehead atoms. The van der Waals surface area contributed by atoms with Crippen LogP contribution < -0.4 is 5.32 Å². The van der Waals surface area contributed by atoms with Crippen LogP contribution in [0.3, 0.4) is 0 Å². The van der Waals surface area contributed by atoms with Crippen LogP contribution in [0.15, 0.2) is 24.3 Å². The van der Waals surface area contributed by atoms with Crippen molar-refractivity contribution in [2.45, 2.75) is 25.8 Å². The van der Waals surface area contributed by atoms with E-state index in [4.69, 9.17) is 0 Å². The van der Waals surface area contributed by atoms with Gasteiger partial charge in [0.25, 0.3) is 0 Å². The molecule has 4 heteroatoms. The van der Waals surface area contributed by atoms with Crippen molar-refractivity contribution in [2.24, 2.45) is 0 Å². The van der Waals surface area contributed by atoms with Gasteiger partial charge in [-0.05, 0) is 54.5 Å². The molecule has 2 rings (SSSR count). The zero-order chi connectivity index (χ0) is 12.3. The van der Waals surface area contributed by atoms with E-state index in [2.05, 4.69) is 27.9 Å². The van der Waals surface area contributed by atoms with Crippen LogP contribution in [0.2, 0.25) is 0 Å². The molecule has 0 aromatic heterocycles. The summed E-state index contributed by atoms with van der Waals surface area (Å²) in [6.07, 6.45) is 2.28. The highest BCUT2D eigenvalue weighted by atomic mass is 127. The maximum Gasteiger partial charge on any atom is 0.244 e. The summed E-state index contributed by atoms with van der Waals surface area (Å²) in [4.78, 5) is 14.1. The fourth-order valence-corrected chi connectivity index (χ4v) is 2.63. The smallest absolute Gasteiger partial charge is 0.244 e. The van der Waals surface area contributed by atoms with Gasteiger partial charge in [-0.2, -0.15) is 0 Å². The maximum atomic E-state index is 12.1. The van der Waals surface area contributed by atoms with Gasteiger partial charge in [-0.25, -0.2) is 0 Å². The van der Waals surface area contributed by atoms with Crippen molar-refractivity contribution < 1.29 is 4.79 Å². The Morgan fingerprint density at radius 2 is 2.00 bits per heavy atom. The lowest BCUT2D eigenvalue weighted by atomic mass is 10.2. The molecule has 0 aliphatic carbocycles. The monoisotopic (exact) mass is 344 g/mol. The molecule has 1 aromatic carbocycles. The van der Waals surface area contributed by atoms with Gasteiger partial charge >= 0.3 is 0 Å². The van der Waals surface area contributed by atoms with Crippen LogP contribution in [-0.2, 0) is 4.79 Å². The number of hydrogen-bond donors (Lipinski definition) is 1. The van der Waals surface area contributed by atoms with E-state index in [-0.39, 0.29) is 11.9 Å². The average molecular weight is 344 g/mol. The first-order valence-electron chi connectivity index (χ1n) is 5.98. The molecule has 3 nitrogen and oxygen atoms in total. The maximum absolute atomic E-state index is 12.1. The number of para-hydroxylation sites is 1. The van der Waals surface area contributed by atoms with E-state index in [1.807, 2.05) is 36.1 Å². The predicted molar refractivity (Wildman–Crippen MR) is 78.1 cm³/mol. The Balaban J connectivity index is 1.99. The number of halogens is 1. The Kier molecular flexibility index (Phi) is 4.25. The number of nitrogens with one attached hydrogen (secondary N) is 1. The first-order chi connectivity index (χ1) is 8.18. The van der Waals surface area contributed by atoms with E-state index < -0.39 is 0 Å². The van der Waals surface area contributed by atoms with E-state index in [1.54, 1.807) is 0 Å². The minimum Gasteiger partial charge on any atom is -0.373 e. The van der Waals surface area contributed by atoms with Crippen molar-refractivity contribution in [2.75, 3.05) is 18.4 Å². The fourth-order valence-electron chi connectivity index (χ4n) is 2.08. The Bertz CT molecular complexity index is 402. The summed E-state index contributed by atoms with van der Waals surface area (Å²) in [6, 6.07) is 7.88. The van der Waals surface area contributed by atoms with Gasteiger partial charge in [0, 0.05) is 22.3 Å². The van der Waals surface area contributed by atoms with Crippen molar-refractivity contribution in [3.63, 3.8) is 0 Å². The molecular weight excluding hydrogens is 327 g/mol. The number of hydrogen-bond acceptors (Lipinski definition) is 2. The standard InChI is InChI=1S/C13H17IN2O/c1-10(13(17)16-8-4-5-9-16)15-12-7-3-2-6-11(12)14/h2-3,6-7,10,15H,4-5,8-9H2,1H3. The third-order valence-electron chi connectivity index (χ3n) is 3.03. The summed E-state index contributed by atoms with van der Waals surface area (Å²) in [5.41, 5.74) is 1.04. The second-order valence-electron chi connectivity index (χ2n) is 4.38. The second-order valence-corrected chi connectivity index (χ2v) is 5.54. The first-order valence-corrected chi connectivity index (χ1v) is 7.06. The zero-order valence-corrected chi connectivity index (χ0v) is 12.1. The molecule has 1 amide bonds. The van der Waals surface area contributed by atoms with Crippen LogP contribution in [-0.4, -0.2) is 29.9 Å². The number of nitrogens with zero attached hydrogens (tertiary/aromatic N) is 1. The fraction of sp³-hybridized carbons (Fsp3) is 0.462. The summed E-state index contributed by atoms with van der Waals surface area (Å²) < 4.78 is 1.14. The van der Waals surface area contributed by atoms with Gasteiger partial charge in [0.2, 0.25) is 5.91 Å². The molecule has 17 heavy (non-hydrogen) atoms. The van der Waals surface area contributed by atoms with E-state index in [1.165, 1.54) is 0 Å². The predicted octanol–water partition coefficient (Wildman–Crippen LogP) is 2.71. The number of anilines is 1. The second kappa shape index (κ2) is 5.71. The lowest BCUT2D eigenvalue weighted by Crippen LogP contribution is -2.39. The molecule has 1 N–H and O–H groups in total. The van der Waals surface area contributed by atoms with Crippen LogP contribution in [0.5, 0.6) is 0 Å². The number of rotatable bonds is 3. The lowest BCUT2D eigenvalue weighted by Gasteiger charge is -2.22. The highest BCUT2D eigenvalue weighted by Gasteiger charge is 2.23. The summed E-state index contributed by atoms with van der Waals surface area (Å²) in [5, 5.41) is 3.29. The molecule has 1 aliphatic rings. The third kappa shape index (κ3) is 3.12. The third-order valence-corrected chi connectivity index (χ3v) is 3.97. The first kappa shape index (κ1) is 12.7. The molecule has 0 spiro atoms. The molecule has 1 aromatic rings. The molecule has 92 valence electrons. The van der Waals surface area contributed by atoms with Crippen molar-refractivity contribution in [1.29, 1.82) is 0 Å². The molecule has 1 unspecified atom stereocenters. The van der Waals surface area contributed by atoms with E-state index in [0.29, 0.717) is 0 Å². The topological polar surface area (TPSA) is 32.3 Å². The summed E-state index contributed by atoms with van der Waals surface area (Å²) >= 11 is 2.28. The van der Waals surface area contributed by atoms with E-state index in [9.17, 15) is 4.79 Å². The number of amides is 1. The Morgan fingerprint density at radius 3 is 2.65 bits per heavy atom. The average Bonchev–Trinajstić information content (AvgIpc) is 2.84. The molecule has 1 fully saturated rings. The van der Waals surface area contributed by atoms with Gasteiger partial charge in [-0.3, -0.25) is 4.79 Å². The molecule has 1 atom stereocenters. The van der Waals surface area contributed by atoms with Gasteiger partial charge in [-0.15, -0.1) is 0 Å². The van der Waals surface area contributed by atoms with Crippen molar-refractivity contribution in [3.8, 4) is 0 Å². The number of carbonyl (C=O) groups is 1.